The Morgan fingerprint density at radius 2 is 1.70 bits per heavy atom. The number of hydrogen-bond acceptors (Lipinski definition) is 4. The monoisotopic (exact) mass is 365 g/mol. The molecule has 2 heterocycles. The van der Waals surface area contributed by atoms with E-state index >= 15 is 0 Å². The zero-order valence-corrected chi connectivity index (χ0v) is 15.6. The van der Waals surface area contributed by atoms with Crippen molar-refractivity contribution < 1.29 is 14.3 Å². The van der Waals surface area contributed by atoms with Crippen molar-refractivity contribution in [3.8, 4) is 16.9 Å². The van der Waals surface area contributed by atoms with Crippen molar-refractivity contribution in [1.82, 2.24) is 9.80 Å². The number of ether oxygens (including phenoxy) is 1. The minimum Gasteiger partial charge on any atom is -0.479 e. The van der Waals surface area contributed by atoms with Gasteiger partial charge >= 0.3 is 0 Å². The second-order valence-electron chi connectivity index (χ2n) is 7.13. The van der Waals surface area contributed by atoms with Crippen LogP contribution in [0.1, 0.15) is 17.3 Å². The molecular formula is C21H23N3O3. The van der Waals surface area contributed by atoms with Gasteiger partial charge in [0.15, 0.2) is 6.10 Å². The van der Waals surface area contributed by atoms with E-state index in [9.17, 15) is 9.59 Å². The fourth-order valence-corrected chi connectivity index (χ4v) is 3.39. The molecule has 6 heteroatoms. The van der Waals surface area contributed by atoms with Crippen molar-refractivity contribution in [3.63, 3.8) is 0 Å². The number of fused-ring (bicyclic) bond motifs is 1. The van der Waals surface area contributed by atoms with Crippen molar-refractivity contribution >= 4 is 17.5 Å². The normalized spacial score (nSPS) is 19.9. The zero-order chi connectivity index (χ0) is 19.0. The van der Waals surface area contributed by atoms with Crippen molar-refractivity contribution in [2.75, 3.05) is 38.5 Å². The van der Waals surface area contributed by atoms with Crippen LogP contribution in [0.5, 0.6) is 5.75 Å². The van der Waals surface area contributed by atoms with Crippen molar-refractivity contribution in [2.24, 2.45) is 0 Å². The fraction of sp³-hybridized carbons (Fsp3) is 0.333. The maximum absolute atomic E-state index is 12.7. The van der Waals surface area contributed by atoms with Gasteiger partial charge in [-0.1, -0.05) is 18.2 Å². The molecule has 1 fully saturated rings. The highest BCUT2D eigenvalue weighted by Crippen LogP contribution is 2.34. The van der Waals surface area contributed by atoms with Gasteiger partial charge in [-0.2, -0.15) is 0 Å². The fourth-order valence-electron chi connectivity index (χ4n) is 3.39. The minimum atomic E-state index is -0.483. The van der Waals surface area contributed by atoms with E-state index < -0.39 is 6.10 Å². The Morgan fingerprint density at radius 3 is 2.41 bits per heavy atom. The van der Waals surface area contributed by atoms with E-state index in [2.05, 4.69) is 17.3 Å². The smallest absolute Gasteiger partial charge is 0.265 e. The maximum atomic E-state index is 12.7. The molecule has 2 aliphatic heterocycles. The van der Waals surface area contributed by atoms with Gasteiger partial charge in [0.1, 0.15) is 5.75 Å². The van der Waals surface area contributed by atoms with Gasteiger partial charge < -0.3 is 19.9 Å². The summed E-state index contributed by atoms with van der Waals surface area (Å²) in [6.45, 7) is 5.07. The summed E-state index contributed by atoms with van der Waals surface area (Å²) in [5, 5.41) is 2.87. The van der Waals surface area contributed by atoms with E-state index in [1.165, 1.54) is 0 Å². The second kappa shape index (κ2) is 7.04. The summed E-state index contributed by atoms with van der Waals surface area (Å²) in [7, 11) is 2.07. The molecule has 2 amide bonds. The Morgan fingerprint density at radius 1 is 1.04 bits per heavy atom. The van der Waals surface area contributed by atoms with Gasteiger partial charge in [-0.15, -0.1) is 0 Å². The van der Waals surface area contributed by atoms with Crippen molar-refractivity contribution in [2.45, 2.75) is 13.0 Å². The van der Waals surface area contributed by atoms with Gasteiger partial charge in [0.2, 0.25) is 0 Å². The summed E-state index contributed by atoms with van der Waals surface area (Å²) in [6, 6.07) is 13.3. The molecule has 6 nitrogen and oxygen atoms in total. The zero-order valence-electron chi connectivity index (χ0n) is 15.6. The molecule has 0 aromatic heterocycles. The first-order valence-electron chi connectivity index (χ1n) is 9.21. The van der Waals surface area contributed by atoms with Crippen LogP contribution < -0.4 is 10.1 Å². The summed E-state index contributed by atoms with van der Waals surface area (Å²) in [4.78, 5) is 28.6. The lowest BCUT2D eigenvalue weighted by molar-refractivity contribution is -0.122. The molecular weight excluding hydrogens is 342 g/mol. The predicted molar refractivity (Wildman–Crippen MR) is 104 cm³/mol. The number of likely N-dealkylation sites (N-methyl/N-ethyl adjacent to an activating group) is 1. The molecule has 2 aromatic carbocycles. The molecule has 0 saturated carbocycles. The summed E-state index contributed by atoms with van der Waals surface area (Å²) in [6.07, 6.45) is -0.483. The number of carbonyl (C=O) groups is 2. The standard InChI is InChI=1S/C21H23N3O3/c1-14-20(25)22-18-13-17(7-8-19(18)27-14)15-3-5-16(6-4-15)21(26)24-11-9-23(2)10-12-24/h3-8,13-14H,9-12H2,1-2H3,(H,22,25). The molecule has 1 atom stereocenters. The average Bonchev–Trinajstić information content (AvgIpc) is 2.69. The third kappa shape index (κ3) is 3.53. The first-order valence-corrected chi connectivity index (χ1v) is 9.21. The predicted octanol–water partition coefficient (Wildman–Crippen LogP) is 2.46. The minimum absolute atomic E-state index is 0.0785. The Kier molecular flexibility index (Phi) is 4.58. The van der Waals surface area contributed by atoms with Crippen LogP contribution in [0, 0.1) is 0 Å². The largest absolute Gasteiger partial charge is 0.479 e. The van der Waals surface area contributed by atoms with Gasteiger partial charge in [0.25, 0.3) is 11.8 Å². The van der Waals surface area contributed by atoms with Gasteiger partial charge in [-0.25, -0.2) is 0 Å². The number of carbonyl (C=O) groups excluding carboxylic acids is 2. The topological polar surface area (TPSA) is 61.9 Å². The lowest BCUT2D eigenvalue weighted by Crippen LogP contribution is -2.47. The van der Waals surface area contributed by atoms with Gasteiger partial charge in [-0.05, 0) is 49.4 Å². The molecule has 0 radical (unpaired) electrons. The summed E-state index contributed by atoms with van der Waals surface area (Å²) in [5.41, 5.74) is 3.33. The molecule has 1 N–H and O–H groups in total. The van der Waals surface area contributed by atoms with Crippen LogP contribution in [0.25, 0.3) is 11.1 Å². The van der Waals surface area contributed by atoms with Crippen LogP contribution in [0.15, 0.2) is 42.5 Å². The van der Waals surface area contributed by atoms with Crippen LogP contribution in [0.4, 0.5) is 5.69 Å². The van der Waals surface area contributed by atoms with E-state index in [0.717, 1.165) is 37.3 Å². The van der Waals surface area contributed by atoms with Crippen LogP contribution in [0.3, 0.4) is 0 Å². The highest BCUT2D eigenvalue weighted by atomic mass is 16.5. The van der Waals surface area contributed by atoms with Crippen LogP contribution in [-0.4, -0.2) is 60.9 Å². The number of nitrogens with zero attached hydrogens (tertiary/aromatic N) is 2. The van der Waals surface area contributed by atoms with Crippen LogP contribution in [-0.2, 0) is 4.79 Å². The molecule has 2 aliphatic rings. The number of piperazine rings is 1. The molecule has 27 heavy (non-hydrogen) atoms. The van der Waals surface area contributed by atoms with Crippen LogP contribution >= 0.6 is 0 Å². The highest BCUT2D eigenvalue weighted by molar-refractivity contribution is 5.98. The van der Waals surface area contributed by atoms with Crippen LogP contribution in [0.2, 0.25) is 0 Å². The number of benzene rings is 2. The van der Waals surface area contributed by atoms with E-state index in [1.807, 2.05) is 47.4 Å². The first-order chi connectivity index (χ1) is 13.0. The first kappa shape index (κ1) is 17.5. The molecule has 1 unspecified atom stereocenters. The number of hydrogen-bond donors (Lipinski definition) is 1. The quantitative estimate of drug-likeness (QED) is 0.888. The second-order valence-corrected chi connectivity index (χ2v) is 7.13. The molecule has 0 bridgehead atoms. The van der Waals surface area contributed by atoms with Gasteiger partial charge in [0, 0.05) is 31.7 Å². The Bertz CT molecular complexity index is 871. The lowest BCUT2D eigenvalue weighted by atomic mass is 10.0. The molecule has 1 saturated heterocycles. The highest BCUT2D eigenvalue weighted by Gasteiger charge is 2.24. The average molecular weight is 365 g/mol. The van der Waals surface area contributed by atoms with E-state index in [0.29, 0.717) is 17.0 Å². The van der Waals surface area contributed by atoms with Gasteiger partial charge in [0.05, 0.1) is 5.69 Å². The molecule has 140 valence electrons. The molecule has 0 aliphatic carbocycles. The third-order valence-electron chi connectivity index (χ3n) is 5.17. The van der Waals surface area contributed by atoms with Crippen molar-refractivity contribution in [1.29, 1.82) is 0 Å². The molecule has 4 rings (SSSR count). The SMILES string of the molecule is CC1Oc2ccc(-c3ccc(C(=O)N4CCN(C)CC4)cc3)cc2NC1=O. The number of rotatable bonds is 2. The van der Waals surface area contributed by atoms with E-state index in [-0.39, 0.29) is 11.8 Å². The maximum Gasteiger partial charge on any atom is 0.265 e. The number of anilines is 1. The van der Waals surface area contributed by atoms with Gasteiger partial charge in [-0.3, -0.25) is 9.59 Å². The van der Waals surface area contributed by atoms with E-state index in [4.69, 9.17) is 4.74 Å². The summed E-state index contributed by atoms with van der Waals surface area (Å²) < 4.78 is 5.59. The molecule has 2 aromatic rings. The van der Waals surface area contributed by atoms with E-state index in [1.54, 1.807) is 6.92 Å². The summed E-state index contributed by atoms with van der Waals surface area (Å²) in [5.74, 6) is 0.607. The number of nitrogens with one attached hydrogen (secondary N) is 1. The summed E-state index contributed by atoms with van der Waals surface area (Å²) >= 11 is 0. The lowest BCUT2D eigenvalue weighted by Gasteiger charge is -2.32. The Balaban J connectivity index is 1.52. The van der Waals surface area contributed by atoms with Crippen molar-refractivity contribution in [3.05, 3.63) is 48.0 Å². The molecule has 0 spiro atoms. The Hall–Kier alpha value is -2.86. The number of amides is 2. The Labute approximate surface area is 158 Å². The third-order valence-corrected chi connectivity index (χ3v) is 5.17.